The summed E-state index contributed by atoms with van der Waals surface area (Å²) in [5.74, 6) is 0.604. The number of carbonyl (C=O) groups is 1. The molecule has 1 unspecified atom stereocenters. The molecule has 0 radical (unpaired) electrons. The lowest BCUT2D eigenvalue weighted by molar-refractivity contribution is -0.148. The van der Waals surface area contributed by atoms with E-state index in [1.54, 1.807) is 35.0 Å². The van der Waals surface area contributed by atoms with Crippen molar-refractivity contribution in [3.8, 4) is 6.07 Å². The molecule has 0 bridgehead atoms. The number of nitrogens with zero attached hydrogens (tertiary/aromatic N) is 5. The van der Waals surface area contributed by atoms with Crippen molar-refractivity contribution in [3.05, 3.63) is 67.8 Å². The van der Waals surface area contributed by atoms with Crippen LogP contribution in [0.1, 0.15) is 30.9 Å². The molecule has 1 aromatic carbocycles. The van der Waals surface area contributed by atoms with E-state index < -0.39 is 17.7 Å². The van der Waals surface area contributed by atoms with Crippen molar-refractivity contribution in [2.24, 2.45) is 5.73 Å². The largest absolute Gasteiger partial charge is 0.443 e. The zero-order valence-corrected chi connectivity index (χ0v) is 21.1. The second kappa shape index (κ2) is 10.0. The number of nitrogens with one attached hydrogen (secondary N) is 3. The highest BCUT2D eigenvalue weighted by molar-refractivity contribution is 6.33. The van der Waals surface area contributed by atoms with Crippen LogP contribution < -0.4 is 32.8 Å². The zero-order valence-electron chi connectivity index (χ0n) is 20.4. The van der Waals surface area contributed by atoms with Crippen LogP contribution in [0.15, 0.2) is 35.3 Å². The van der Waals surface area contributed by atoms with Crippen LogP contribution in [0.3, 0.4) is 0 Å². The Balaban J connectivity index is 1.54. The Morgan fingerprint density at radius 1 is 1.45 bits per heavy atom. The van der Waals surface area contributed by atoms with Gasteiger partial charge in [-0.05, 0) is 44.0 Å². The number of imidazole rings is 1. The molecule has 1 fully saturated rings. The fourth-order valence-corrected chi connectivity index (χ4v) is 3.93. The molecule has 3 heterocycles. The smallest absolute Gasteiger partial charge is 0.329 e. The van der Waals surface area contributed by atoms with E-state index in [4.69, 9.17) is 32.3 Å². The maximum absolute atomic E-state index is 12.5. The standard InChI is InChI=1S/C25H24ClN9O3/c1-13(28)24(36)38-12-34-14(2)20(32-25(34)37)8-16-11-29-35-22(30-17-4-5-17)9-21(33-23(16)35)31-19-6-3-15(10-27)7-18(19)26/h3,6-9,11,13,17,30H,2,4-5,12,28H2,1H3,(H,31,33)(H,32,37)/b20-8-. The van der Waals surface area contributed by atoms with E-state index in [1.165, 1.54) is 11.5 Å². The van der Waals surface area contributed by atoms with Gasteiger partial charge in [0, 0.05) is 17.7 Å². The number of ether oxygens (including phenoxy) is 1. The number of nitriles is 1. The van der Waals surface area contributed by atoms with E-state index in [0.29, 0.717) is 50.0 Å². The number of aromatic nitrogens is 5. The average Bonchev–Trinajstić information content (AvgIpc) is 3.55. The predicted molar refractivity (Wildman–Crippen MR) is 142 cm³/mol. The summed E-state index contributed by atoms with van der Waals surface area (Å²) in [7, 11) is 0. The maximum atomic E-state index is 12.5. The van der Waals surface area contributed by atoms with Gasteiger partial charge in [0.25, 0.3) is 0 Å². The molecule has 0 saturated heterocycles. The normalized spacial score (nSPS) is 14.3. The molecule has 1 atom stereocenters. The van der Waals surface area contributed by atoms with Gasteiger partial charge in [0.05, 0.1) is 39.2 Å². The highest BCUT2D eigenvalue weighted by Gasteiger charge is 2.23. The van der Waals surface area contributed by atoms with Gasteiger partial charge in [0.2, 0.25) is 0 Å². The van der Waals surface area contributed by atoms with Crippen LogP contribution in [0.25, 0.3) is 18.3 Å². The van der Waals surface area contributed by atoms with Gasteiger partial charge in [-0.1, -0.05) is 18.2 Å². The molecular weight excluding hydrogens is 510 g/mol. The first-order valence-corrected chi connectivity index (χ1v) is 12.1. The monoisotopic (exact) mass is 533 g/mol. The van der Waals surface area contributed by atoms with Crippen LogP contribution in [0.5, 0.6) is 0 Å². The zero-order chi connectivity index (χ0) is 27.0. The summed E-state index contributed by atoms with van der Waals surface area (Å²) in [6.07, 6.45) is 5.44. The van der Waals surface area contributed by atoms with Crippen LogP contribution in [0.4, 0.5) is 17.3 Å². The second-order valence-corrected chi connectivity index (χ2v) is 9.36. The Morgan fingerprint density at radius 3 is 2.92 bits per heavy atom. The maximum Gasteiger partial charge on any atom is 0.329 e. The van der Waals surface area contributed by atoms with Crippen LogP contribution >= 0.6 is 11.6 Å². The van der Waals surface area contributed by atoms with Crippen molar-refractivity contribution in [1.29, 1.82) is 5.26 Å². The molecule has 0 spiro atoms. The summed E-state index contributed by atoms with van der Waals surface area (Å²) < 4.78 is 7.95. The number of hydrogen-bond acceptors (Lipinski definition) is 9. The van der Waals surface area contributed by atoms with Gasteiger partial charge in [-0.3, -0.25) is 9.36 Å². The van der Waals surface area contributed by atoms with Crippen molar-refractivity contribution < 1.29 is 9.53 Å². The number of rotatable bonds is 8. The lowest BCUT2D eigenvalue weighted by Gasteiger charge is -2.12. The van der Waals surface area contributed by atoms with E-state index in [9.17, 15) is 9.59 Å². The summed E-state index contributed by atoms with van der Waals surface area (Å²) in [5, 5.41) is 21.4. The van der Waals surface area contributed by atoms with E-state index in [1.807, 2.05) is 6.07 Å². The lowest BCUT2D eigenvalue weighted by Crippen LogP contribution is -2.35. The fourth-order valence-electron chi connectivity index (χ4n) is 3.70. The summed E-state index contributed by atoms with van der Waals surface area (Å²) in [4.78, 5) is 31.7. The van der Waals surface area contributed by atoms with Crippen molar-refractivity contribution in [1.82, 2.24) is 24.1 Å². The molecule has 1 aliphatic carbocycles. The molecule has 0 amide bonds. The Hall–Kier alpha value is -4.60. The first-order chi connectivity index (χ1) is 18.2. The predicted octanol–water partition coefficient (Wildman–Crippen LogP) is 1.15. The number of esters is 1. The number of nitrogens with two attached hydrogens (primary N) is 1. The van der Waals surface area contributed by atoms with Crippen molar-refractivity contribution in [2.45, 2.75) is 38.6 Å². The molecule has 0 aliphatic heterocycles. The number of benzene rings is 1. The third kappa shape index (κ3) is 5.10. The molecule has 12 nitrogen and oxygen atoms in total. The first kappa shape index (κ1) is 25.1. The Labute approximate surface area is 221 Å². The van der Waals surface area contributed by atoms with Gasteiger partial charge in [-0.25, -0.2) is 9.78 Å². The van der Waals surface area contributed by atoms with Crippen molar-refractivity contribution in [2.75, 3.05) is 10.6 Å². The number of fused-ring (bicyclic) bond motifs is 1. The number of carbonyl (C=O) groups excluding carboxylic acids is 1. The van der Waals surface area contributed by atoms with Gasteiger partial charge in [0.1, 0.15) is 17.7 Å². The lowest BCUT2D eigenvalue weighted by atomic mass is 10.2. The first-order valence-electron chi connectivity index (χ1n) is 11.8. The Morgan fingerprint density at radius 2 is 2.24 bits per heavy atom. The van der Waals surface area contributed by atoms with Crippen LogP contribution in [-0.4, -0.2) is 42.2 Å². The van der Waals surface area contributed by atoms with E-state index >= 15 is 0 Å². The summed E-state index contributed by atoms with van der Waals surface area (Å²) in [6, 6.07) is 8.38. The second-order valence-electron chi connectivity index (χ2n) is 8.96. The molecule has 5 N–H and O–H groups in total. The summed E-state index contributed by atoms with van der Waals surface area (Å²) >= 11 is 6.36. The van der Waals surface area contributed by atoms with Gasteiger partial charge < -0.3 is 26.1 Å². The van der Waals surface area contributed by atoms with E-state index in [-0.39, 0.29) is 6.73 Å². The molecule has 3 aromatic heterocycles. The molecule has 194 valence electrons. The number of anilines is 3. The molecular formula is C25H24ClN9O3. The number of halogens is 1. The van der Waals surface area contributed by atoms with Gasteiger partial charge in [-0.15, -0.1) is 0 Å². The third-order valence-corrected chi connectivity index (χ3v) is 6.23. The summed E-state index contributed by atoms with van der Waals surface area (Å²) in [5.41, 5.74) is 7.19. The van der Waals surface area contributed by atoms with E-state index in [2.05, 4.69) is 33.4 Å². The molecule has 1 saturated carbocycles. The van der Waals surface area contributed by atoms with Crippen LogP contribution in [0.2, 0.25) is 5.02 Å². The minimum atomic E-state index is -0.811. The fraction of sp³-hybridized carbons (Fsp3) is 0.240. The highest BCUT2D eigenvalue weighted by Crippen LogP contribution is 2.30. The van der Waals surface area contributed by atoms with Gasteiger partial charge in [0.15, 0.2) is 12.4 Å². The minimum absolute atomic E-state index is 0.315. The number of hydrogen-bond donors (Lipinski definition) is 4. The van der Waals surface area contributed by atoms with Crippen molar-refractivity contribution in [3.63, 3.8) is 0 Å². The number of aromatic amines is 1. The van der Waals surface area contributed by atoms with Crippen molar-refractivity contribution >= 4 is 53.2 Å². The quantitative estimate of drug-likeness (QED) is 0.243. The van der Waals surface area contributed by atoms with Crippen LogP contribution in [-0.2, 0) is 16.3 Å². The number of H-pyrrole nitrogens is 1. The Bertz CT molecular complexity index is 1760. The van der Waals surface area contributed by atoms with E-state index in [0.717, 1.165) is 18.7 Å². The van der Waals surface area contributed by atoms with Crippen LogP contribution in [0, 0.1) is 11.3 Å². The molecule has 5 rings (SSSR count). The Kier molecular flexibility index (Phi) is 6.62. The molecule has 1 aliphatic rings. The highest BCUT2D eigenvalue weighted by atomic mass is 35.5. The van der Waals surface area contributed by atoms with Gasteiger partial charge in [-0.2, -0.15) is 14.9 Å². The van der Waals surface area contributed by atoms with Gasteiger partial charge >= 0.3 is 11.7 Å². The minimum Gasteiger partial charge on any atom is -0.443 e. The molecule has 13 heteroatoms. The molecule has 38 heavy (non-hydrogen) atoms. The average molecular weight is 534 g/mol. The molecule has 4 aromatic rings. The third-order valence-electron chi connectivity index (χ3n) is 5.92. The summed E-state index contributed by atoms with van der Waals surface area (Å²) in [6.45, 7) is 5.14. The SMILES string of the molecule is C=c1/c(=C/c2cnn3c(NC4CC4)cc(Nc4ccc(C#N)cc4Cl)nc23)[nH]c(=O)n1COC(=O)C(C)N. The topological polar surface area (TPSA) is 168 Å².